The SMILES string of the molecule is CCCCCC(=Cc1ccc(OC)c(O)c1)C=C1SC(=S)N(CCCC(=O)O)C1=O. The van der Waals surface area contributed by atoms with Crippen LogP contribution in [-0.4, -0.2) is 45.0 Å². The van der Waals surface area contributed by atoms with Gasteiger partial charge in [0.1, 0.15) is 4.32 Å². The lowest BCUT2D eigenvalue weighted by Gasteiger charge is -2.13. The van der Waals surface area contributed by atoms with Crippen molar-refractivity contribution < 1.29 is 24.5 Å². The number of carbonyl (C=O) groups excluding carboxylic acids is 1. The van der Waals surface area contributed by atoms with E-state index in [1.807, 2.05) is 18.2 Å². The van der Waals surface area contributed by atoms with Crippen molar-refractivity contribution in [1.82, 2.24) is 4.90 Å². The fourth-order valence-corrected chi connectivity index (χ4v) is 4.35. The molecule has 0 spiro atoms. The van der Waals surface area contributed by atoms with Crippen LogP contribution in [0.2, 0.25) is 0 Å². The number of aliphatic carboxylic acids is 1. The molecule has 0 unspecified atom stereocenters. The van der Waals surface area contributed by atoms with Gasteiger partial charge in [-0.1, -0.05) is 55.9 Å². The monoisotopic (exact) mass is 449 g/mol. The standard InChI is InChI=1S/C22H27NO5S2/c1-3-4-5-7-15(12-16-9-10-18(28-2)17(24)13-16)14-19-21(27)23(22(29)30-19)11-6-8-20(25)26/h9-10,12-14,24H,3-8,11H2,1-2H3,(H,25,26). The maximum Gasteiger partial charge on any atom is 0.303 e. The number of benzene rings is 1. The highest BCUT2D eigenvalue weighted by atomic mass is 32.2. The molecule has 2 N–H and O–H groups in total. The van der Waals surface area contributed by atoms with Crippen molar-refractivity contribution in [3.8, 4) is 11.5 Å². The summed E-state index contributed by atoms with van der Waals surface area (Å²) in [6.07, 6.45) is 8.11. The Hall–Kier alpha value is -2.32. The summed E-state index contributed by atoms with van der Waals surface area (Å²) in [5.41, 5.74) is 1.78. The first-order chi connectivity index (χ1) is 14.3. The number of methoxy groups -OCH3 is 1. The molecule has 1 aromatic carbocycles. The van der Waals surface area contributed by atoms with Gasteiger partial charge >= 0.3 is 5.97 Å². The summed E-state index contributed by atoms with van der Waals surface area (Å²) in [6.45, 7) is 2.43. The van der Waals surface area contributed by atoms with E-state index in [2.05, 4.69) is 6.92 Å². The van der Waals surface area contributed by atoms with Gasteiger partial charge < -0.3 is 14.9 Å². The van der Waals surface area contributed by atoms with Gasteiger partial charge in [-0.05, 0) is 48.6 Å². The number of carboxylic acid groups (broad SMARTS) is 1. The average molecular weight is 450 g/mol. The van der Waals surface area contributed by atoms with Crippen LogP contribution in [0.25, 0.3) is 6.08 Å². The molecular formula is C22H27NO5S2. The van der Waals surface area contributed by atoms with E-state index < -0.39 is 5.97 Å². The number of thioether (sulfide) groups is 1. The zero-order chi connectivity index (χ0) is 22.1. The van der Waals surface area contributed by atoms with Gasteiger partial charge in [0.25, 0.3) is 5.91 Å². The number of ether oxygens (including phenoxy) is 1. The highest BCUT2D eigenvalue weighted by molar-refractivity contribution is 8.26. The van der Waals surface area contributed by atoms with E-state index in [0.717, 1.165) is 36.8 Å². The Morgan fingerprint density at radius 3 is 2.67 bits per heavy atom. The number of phenols is 1. The predicted molar refractivity (Wildman–Crippen MR) is 124 cm³/mol. The molecule has 1 fully saturated rings. The number of rotatable bonds is 11. The first kappa shape index (κ1) is 24.0. The van der Waals surface area contributed by atoms with Crippen LogP contribution in [0.1, 0.15) is 51.0 Å². The van der Waals surface area contributed by atoms with E-state index in [1.165, 1.54) is 23.8 Å². The molecule has 0 aliphatic carbocycles. The summed E-state index contributed by atoms with van der Waals surface area (Å²) in [7, 11) is 1.50. The Morgan fingerprint density at radius 1 is 1.27 bits per heavy atom. The quantitative estimate of drug-likeness (QED) is 0.280. The molecule has 8 heteroatoms. The second-order valence-corrected chi connectivity index (χ2v) is 8.61. The minimum absolute atomic E-state index is 0.000753. The molecule has 0 aromatic heterocycles. The largest absolute Gasteiger partial charge is 0.504 e. The molecule has 2 rings (SSSR count). The van der Waals surface area contributed by atoms with E-state index >= 15 is 0 Å². The van der Waals surface area contributed by atoms with Gasteiger partial charge in [-0.15, -0.1) is 0 Å². The zero-order valence-electron chi connectivity index (χ0n) is 17.2. The lowest BCUT2D eigenvalue weighted by atomic mass is 10.0. The minimum atomic E-state index is -0.889. The van der Waals surface area contributed by atoms with Crippen LogP contribution >= 0.6 is 24.0 Å². The molecule has 1 aliphatic rings. The van der Waals surface area contributed by atoms with Crippen molar-refractivity contribution >= 4 is 46.3 Å². The molecule has 30 heavy (non-hydrogen) atoms. The summed E-state index contributed by atoms with van der Waals surface area (Å²) in [5, 5.41) is 18.8. The normalized spacial score (nSPS) is 15.9. The number of thiocarbonyl (C=S) groups is 1. The highest BCUT2D eigenvalue weighted by Crippen LogP contribution is 2.34. The smallest absolute Gasteiger partial charge is 0.303 e. The first-order valence-corrected chi connectivity index (χ1v) is 11.1. The molecule has 1 heterocycles. The molecule has 0 bridgehead atoms. The van der Waals surface area contributed by atoms with Crippen molar-refractivity contribution in [2.24, 2.45) is 0 Å². The summed E-state index contributed by atoms with van der Waals surface area (Å²) in [4.78, 5) is 25.5. The lowest BCUT2D eigenvalue weighted by Crippen LogP contribution is -2.29. The van der Waals surface area contributed by atoms with Gasteiger partial charge in [0, 0.05) is 13.0 Å². The van der Waals surface area contributed by atoms with E-state index in [-0.39, 0.29) is 18.1 Å². The Balaban J connectivity index is 2.23. The number of aromatic hydroxyl groups is 1. The van der Waals surface area contributed by atoms with Crippen molar-refractivity contribution in [2.45, 2.75) is 45.4 Å². The molecule has 1 aliphatic heterocycles. The van der Waals surface area contributed by atoms with Gasteiger partial charge in [0.15, 0.2) is 11.5 Å². The third kappa shape index (κ3) is 6.88. The minimum Gasteiger partial charge on any atom is -0.504 e. The summed E-state index contributed by atoms with van der Waals surface area (Å²) in [6, 6.07) is 5.18. The fraction of sp³-hybridized carbons (Fsp3) is 0.409. The summed E-state index contributed by atoms with van der Waals surface area (Å²) in [5.74, 6) is -0.611. The van der Waals surface area contributed by atoms with Crippen LogP contribution in [-0.2, 0) is 9.59 Å². The van der Waals surface area contributed by atoms with E-state index in [1.54, 1.807) is 12.1 Å². The molecule has 0 atom stereocenters. The molecule has 1 amide bonds. The number of phenolic OH excluding ortho intramolecular Hbond substituents is 1. The van der Waals surface area contributed by atoms with Gasteiger partial charge in [-0.25, -0.2) is 0 Å². The van der Waals surface area contributed by atoms with E-state index in [4.69, 9.17) is 22.1 Å². The average Bonchev–Trinajstić information content (AvgIpc) is 2.95. The summed E-state index contributed by atoms with van der Waals surface area (Å²) >= 11 is 6.56. The Morgan fingerprint density at radius 2 is 2.03 bits per heavy atom. The second kappa shape index (κ2) is 11.8. The van der Waals surface area contributed by atoms with Crippen LogP contribution in [0, 0.1) is 0 Å². The van der Waals surface area contributed by atoms with Crippen molar-refractivity contribution in [3.05, 3.63) is 40.3 Å². The third-order valence-electron chi connectivity index (χ3n) is 4.59. The van der Waals surface area contributed by atoms with Crippen molar-refractivity contribution in [2.75, 3.05) is 13.7 Å². The maximum absolute atomic E-state index is 12.8. The molecule has 0 radical (unpaired) electrons. The molecule has 162 valence electrons. The Labute approximate surface area is 186 Å². The summed E-state index contributed by atoms with van der Waals surface area (Å²) < 4.78 is 5.54. The number of nitrogens with zero attached hydrogens (tertiary/aromatic N) is 1. The Bertz CT molecular complexity index is 863. The van der Waals surface area contributed by atoms with Gasteiger partial charge in [0.05, 0.1) is 12.0 Å². The number of unbranched alkanes of at least 4 members (excludes halogenated alkanes) is 2. The third-order valence-corrected chi connectivity index (χ3v) is 5.96. The van der Waals surface area contributed by atoms with Gasteiger partial charge in [-0.2, -0.15) is 0 Å². The number of hydrogen-bond donors (Lipinski definition) is 2. The highest BCUT2D eigenvalue weighted by Gasteiger charge is 2.31. The zero-order valence-corrected chi connectivity index (χ0v) is 18.9. The van der Waals surface area contributed by atoms with Crippen molar-refractivity contribution in [1.29, 1.82) is 0 Å². The number of hydrogen-bond acceptors (Lipinski definition) is 6. The van der Waals surface area contributed by atoms with Gasteiger partial charge in [-0.3, -0.25) is 14.5 Å². The Kier molecular flexibility index (Phi) is 9.39. The van der Waals surface area contributed by atoms with Crippen molar-refractivity contribution in [3.63, 3.8) is 0 Å². The number of allylic oxidation sites excluding steroid dienone is 2. The first-order valence-electron chi connectivity index (χ1n) is 9.90. The van der Waals surface area contributed by atoms with Crippen LogP contribution in [0.15, 0.2) is 34.8 Å². The van der Waals surface area contributed by atoms with Crippen LogP contribution in [0.3, 0.4) is 0 Å². The van der Waals surface area contributed by atoms with E-state index in [0.29, 0.717) is 27.9 Å². The van der Waals surface area contributed by atoms with E-state index in [9.17, 15) is 14.7 Å². The second-order valence-electron chi connectivity index (χ2n) is 6.94. The topological polar surface area (TPSA) is 87.1 Å². The van der Waals surface area contributed by atoms with Crippen LogP contribution in [0.4, 0.5) is 0 Å². The number of carbonyl (C=O) groups is 2. The van der Waals surface area contributed by atoms with Crippen LogP contribution < -0.4 is 4.74 Å². The fourth-order valence-electron chi connectivity index (χ4n) is 3.03. The molecule has 1 aromatic rings. The number of amides is 1. The molecule has 1 saturated heterocycles. The molecule has 6 nitrogen and oxygen atoms in total. The van der Waals surface area contributed by atoms with Crippen LogP contribution in [0.5, 0.6) is 11.5 Å². The predicted octanol–water partition coefficient (Wildman–Crippen LogP) is 4.97. The maximum atomic E-state index is 12.8. The number of carboxylic acids is 1. The lowest BCUT2D eigenvalue weighted by molar-refractivity contribution is -0.137. The molecule has 0 saturated carbocycles. The molecular weight excluding hydrogens is 422 g/mol. The van der Waals surface area contributed by atoms with Gasteiger partial charge in [0.2, 0.25) is 0 Å².